The van der Waals surface area contributed by atoms with Gasteiger partial charge >= 0.3 is 0 Å². The standard InChI is InChI=1S/C17H22ClN3O/c1-17(2,13-14-4-3-5-15(18)12-14)16(22)21-10-8-20(7-6-19)9-11-21/h3-5,12H,7-11,13H2,1-2H3. The maximum atomic E-state index is 12.8. The lowest BCUT2D eigenvalue weighted by molar-refractivity contribution is -0.142. The zero-order valence-corrected chi connectivity index (χ0v) is 13.9. The number of hydrogen-bond acceptors (Lipinski definition) is 3. The van der Waals surface area contributed by atoms with E-state index in [1.165, 1.54) is 0 Å². The minimum atomic E-state index is -0.456. The predicted octanol–water partition coefficient (Wildman–Crippen LogP) is 2.58. The molecule has 0 bridgehead atoms. The van der Waals surface area contributed by atoms with Crippen molar-refractivity contribution >= 4 is 17.5 Å². The lowest BCUT2D eigenvalue weighted by Crippen LogP contribution is -2.52. The Morgan fingerprint density at radius 1 is 1.32 bits per heavy atom. The van der Waals surface area contributed by atoms with Crippen LogP contribution in [0.25, 0.3) is 0 Å². The molecule has 1 fully saturated rings. The van der Waals surface area contributed by atoms with Gasteiger partial charge < -0.3 is 4.90 Å². The average molecular weight is 320 g/mol. The third-order valence-corrected chi connectivity index (χ3v) is 4.30. The summed E-state index contributed by atoms with van der Waals surface area (Å²) in [7, 11) is 0. The summed E-state index contributed by atoms with van der Waals surface area (Å²) in [4.78, 5) is 16.8. The molecular formula is C17H22ClN3O. The van der Waals surface area contributed by atoms with Crippen LogP contribution in [0.5, 0.6) is 0 Å². The van der Waals surface area contributed by atoms with E-state index in [-0.39, 0.29) is 5.91 Å². The zero-order chi connectivity index (χ0) is 16.2. The number of hydrogen-bond donors (Lipinski definition) is 0. The molecule has 0 atom stereocenters. The van der Waals surface area contributed by atoms with Crippen molar-refractivity contribution < 1.29 is 4.79 Å². The predicted molar refractivity (Wildman–Crippen MR) is 87.6 cm³/mol. The van der Waals surface area contributed by atoms with Crippen molar-refractivity contribution in [2.24, 2.45) is 5.41 Å². The summed E-state index contributed by atoms with van der Waals surface area (Å²) < 4.78 is 0. The van der Waals surface area contributed by atoms with Crippen LogP contribution in [0.15, 0.2) is 24.3 Å². The van der Waals surface area contributed by atoms with Gasteiger partial charge in [0, 0.05) is 36.6 Å². The van der Waals surface area contributed by atoms with Gasteiger partial charge in [-0.15, -0.1) is 0 Å². The first-order valence-electron chi connectivity index (χ1n) is 7.55. The summed E-state index contributed by atoms with van der Waals surface area (Å²) in [6, 6.07) is 9.84. The van der Waals surface area contributed by atoms with Crippen molar-refractivity contribution in [1.82, 2.24) is 9.80 Å². The van der Waals surface area contributed by atoms with Crippen molar-refractivity contribution in [3.05, 3.63) is 34.9 Å². The highest BCUT2D eigenvalue weighted by Crippen LogP contribution is 2.26. The van der Waals surface area contributed by atoms with Gasteiger partial charge in [0.25, 0.3) is 0 Å². The highest BCUT2D eigenvalue weighted by Gasteiger charge is 2.33. The maximum Gasteiger partial charge on any atom is 0.228 e. The summed E-state index contributed by atoms with van der Waals surface area (Å²) in [6.45, 7) is 7.34. The van der Waals surface area contributed by atoms with Crippen LogP contribution in [0.1, 0.15) is 19.4 Å². The SMILES string of the molecule is CC(C)(Cc1cccc(Cl)c1)C(=O)N1CCN(CC#N)CC1. The second-order valence-corrected chi connectivity index (χ2v) is 6.85. The molecule has 2 rings (SSSR count). The van der Waals surface area contributed by atoms with Crippen molar-refractivity contribution in [2.45, 2.75) is 20.3 Å². The molecule has 4 nitrogen and oxygen atoms in total. The second-order valence-electron chi connectivity index (χ2n) is 6.42. The van der Waals surface area contributed by atoms with E-state index in [4.69, 9.17) is 16.9 Å². The van der Waals surface area contributed by atoms with Crippen LogP contribution in [0, 0.1) is 16.7 Å². The van der Waals surface area contributed by atoms with E-state index in [0.29, 0.717) is 31.1 Å². The van der Waals surface area contributed by atoms with E-state index in [9.17, 15) is 4.79 Å². The van der Waals surface area contributed by atoms with Gasteiger partial charge in [0.1, 0.15) is 0 Å². The Balaban J connectivity index is 1.97. The van der Waals surface area contributed by atoms with Crippen LogP contribution >= 0.6 is 11.6 Å². The fraction of sp³-hybridized carbons (Fsp3) is 0.529. The minimum Gasteiger partial charge on any atom is -0.340 e. The quantitative estimate of drug-likeness (QED) is 0.801. The normalized spacial score (nSPS) is 16.4. The molecule has 0 radical (unpaired) electrons. The van der Waals surface area contributed by atoms with Gasteiger partial charge in [-0.05, 0) is 24.1 Å². The number of benzene rings is 1. The van der Waals surface area contributed by atoms with Crippen molar-refractivity contribution in [3.8, 4) is 6.07 Å². The summed E-state index contributed by atoms with van der Waals surface area (Å²) in [5, 5.41) is 9.43. The molecule has 0 aromatic heterocycles. The van der Waals surface area contributed by atoms with Gasteiger partial charge in [-0.1, -0.05) is 37.6 Å². The molecule has 1 amide bonds. The topological polar surface area (TPSA) is 47.3 Å². The Bertz CT molecular complexity index is 572. The van der Waals surface area contributed by atoms with E-state index < -0.39 is 5.41 Å². The Morgan fingerprint density at radius 3 is 2.59 bits per heavy atom. The van der Waals surface area contributed by atoms with E-state index in [1.807, 2.05) is 43.0 Å². The molecule has 1 aromatic carbocycles. The Labute approximate surface area is 137 Å². The second kappa shape index (κ2) is 7.13. The summed E-state index contributed by atoms with van der Waals surface area (Å²) in [5.74, 6) is 0.170. The summed E-state index contributed by atoms with van der Waals surface area (Å²) in [5.41, 5.74) is 0.621. The lowest BCUT2D eigenvalue weighted by atomic mass is 9.84. The average Bonchev–Trinajstić information content (AvgIpc) is 2.47. The largest absolute Gasteiger partial charge is 0.340 e. The molecule has 5 heteroatoms. The number of halogens is 1. The van der Waals surface area contributed by atoms with Crippen LogP contribution < -0.4 is 0 Å². The number of rotatable bonds is 4. The van der Waals surface area contributed by atoms with Gasteiger partial charge in [-0.25, -0.2) is 0 Å². The number of piperazine rings is 1. The van der Waals surface area contributed by atoms with E-state index in [0.717, 1.165) is 18.7 Å². The van der Waals surface area contributed by atoms with E-state index in [1.54, 1.807) is 0 Å². The van der Waals surface area contributed by atoms with Gasteiger partial charge in [-0.2, -0.15) is 5.26 Å². The number of carbonyl (C=O) groups is 1. The molecule has 1 aromatic rings. The third-order valence-electron chi connectivity index (χ3n) is 4.07. The van der Waals surface area contributed by atoms with Crippen LogP contribution in [0.2, 0.25) is 5.02 Å². The maximum absolute atomic E-state index is 12.8. The summed E-state index contributed by atoms with van der Waals surface area (Å²) in [6.07, 6.45) is 0.671. The van der Waals surface area contributed by atoms with E-state index in [2.05, 4.69) is 11.0 Å². The molecule has 22 heavy (non-hydrogen) atoms. The van der Waals surface area contributed by atoms with Gasteiger partial charge in [0.2, 0.25) is 5.91 Å². The van der Waals surface area contributed by atoms with Crippen LogP contribution in [-0.2, 0) is 11.2 Å². The lowest BCUT2D eigenvalue weighted by Gasteiger charge is -2.38. The van der Waals surface area contributed by atoms with Crippen LogP contribution in [-0.4, -0.2) is 48.4 Å². The monoisotopic (exact) mass is 319 g/mol. The van der Waals surface area contributed by atoms with Gasteiger partial charge in [0.05, 0.1) is 12.6 Å². The first-order chi connectivity index (χ1) is 10.4. The highest BCUT2D eigenvalue weighted by atomic mass is 35.5. The molecule has 1 saturated heterocycles. The summed E-state index contributed by atoms with van der Waals surface area (Å²) >= 11 is 6.02. The fourth-order valence-corrected chi connectivity index (χ4v) is 3.08. The number of nitrogens with zero attached hydrogens (tertiary/aromatic N) is 3. The van der Waals surface area contributed by atoms with Gasteiger partial charge in [0.15, 0.2) is 0 Å². The molecule has 0 unspecified atom stereocenters. The van der Waals surface area contributed by atoms with Crippen molar-refractivity contribution in [3.63, 3.8) is 0 Å². The molecule has 1 aliphatic heterocycles. The Kier molecular flexibility index (Phi) is 5.44. The minimum absolute atomic E-state index is 0.170. The first-order valence-corrected chi connectivity index (χ1v) is 7.93. The Morgan fingerprint density at radius 2 is 2.00 bits per heavy atom. The van der Waals surface area contributed by atoms with Crippen LogP contribution in [0.3, 0.4) is 0 Å². The van der Waals surface area contributed by atoms with E-state index >= 15 is 0 Å². The number of nitriles is 1. The third kappa shape index (κ3) is 4.22. The number of carbonyl (C=O) groups excluding carboxylic acids is 1. The fourth-order valence-electron chi connectivity index (χ4n) is 2.87. The smallest absolute Gasteiger partial charge is 0.228 e. The molecule has 1 aliphatic rings. The molecule has 0 aliphatic carbocycles. The molecule has 0 N–H and O–H groups in total. The first kappa shape index (κ1) is 16.8. The molecular weight excluding hydrogens is 298 g/mol. The number of amides is 1. The molecule has 1 heterocycles. The van der Waals surface area contributed by atoms with Crippen LogP contribution in [0.4, 0.5) is 0 Å². The molecule has 0 saturated carbocycles. The molecule has 0 spiro atoms. The van der Waals surface area contributed by atoms with Crippen molar-refractivity contribution in [1.29, 1.82) is 5.26 Å². The molecule has 118 valence electrons. The van der Waals surface area contributed by atoms with Gasteiger partial charge in [-0.3, -0.25) is 9.69 Å². The highest BCUT2D eigenvalue weighted by molar-refractivity contribution is 6.30. The Hall–Kier alpha value is -1.57. The zero-order valence-electron chi connectivity index (χ0n) is 13.2. The van der Waals surface area contributed by atoms with Crippen molar-refractivity contribution in [2.75, 3.05) is 32.7 Å².